The van der Waals surface area contributed by atoms with Gasteiger partial charge in [-0.25, -0.2) is 0 Å². The summed E-state index contributed by atoms with van der Waals surface area (Å²) in [5.74, 6) is 0. The molecule has 1 atom stereocenters. The lowest BCUT2D eigenvalue weighted by Gasteiger charge is -2.21. The fourth-order valence-corrected chi connectivity index (χ4v) is 1.79. The summed E-state index contributed by atoms with van der Waals surface area (Å²) < 4.78 is 5.61. The maximum absolute atomic E-state index is 5.61. The highest BCUT2D eigenvalue weighted by Crippen LogP contribution is 2.10. The lowest BCUT2D eigenvalue weighted by atomic mass is 10.2. The molecule has 1 saturated heterocycles. The summed E-state index contributed by atoms with van der Waals surface area (Å²) in [7, 11) is 0. The molecule has 0 aromatic carbocycles. The summed E-state index contributed by atoms with van der Waals surface area (Å²) in [5.41, 5.74) is 0. The normalized spacial score (nSPS) is 21.5. The van der Waals surface area contributed by atoms with E-state index in [4.69, 9.17) is 4.74 Å². The first-order chi connectivity index (χ1) is 5.86. The largest absolute Gasteiger partial charge is 0.377 e. The molecule has 2 heteroatoms. The van der Waals surface area contributed by atoms with Gasteiger partial charge in [0.15, 0.2) is 0 Å². The second-order valence-electron chi connectivity index (χ2n) is 3.49. The van der Waals surface area contributed by atoms with Gasteiger partial charge in [0, 0.05) is 13.2 Å². The third kappa shape index (κ3) is 3.11. The molecular formula is C10H21NO. The maximum atomic E-state index is 5.61. The smallest absolute Gasteiger partial charge is 0.0699 e. The SMILES string of the molecule is CCO[C@H](CC)CN1CCCC1. The van der Waals surface area contributed by atoms with Crippen LogP contribution in [0.1, 0.15) is 33.1 Å². The number of likely N-dealkylation sites (tertiary alicyclic amines) is 1. The van der Waals surface area contributed by atoms with Crippen LogP contribution in [0.4, 0.5) is 0 Å². The van der Waals surface area contributed by atoms with Gasteiger partial charge in [0.1, 0.15) is 0 Å². The molecule has 72 valence electrons. The molecule has 1 aliphatic rings. The van der Waals surface area contributed by atoms with Crippen LogP contribution < -0.4 is 0 Å². The molecule has 0 radical (unpaired) electrons. The Balaban J connectivity index is 2.16. The molecule has 0 aromatic heterocycles. The predicted molar refractivity (Wildman–Crippen MR) is 51.4 cm³/mol. The number of ether oxygens (including phenoxy) is 1. The summed E-state index contributed by atoms with van der Waals surface area (Å²) in [6, 6.07) is 0. The molecule has 1 aliphatic heterocycles. The standard InChI is InChI=1S/C10H21NO/c1-3-10(12-4-2)9-11-7-5-6-8-11/h10H,3-9H2,1-2H3/t10-/m1/s1. The van der Waals surface area contributed by atoms with Gasteiger partial charge in [-0.3, -0.25) is 0 Å². The van der Waals surface area contributed by atoms with Gasteiger partial charge in [0.2, 0.25) is 0 Å². The van der Waals surface area contributed by atoms with Crippen molar-refractivity contribution in [2.24, 2.45) is 0 Å². The molecule has 0 aromatic rings. The highest BCUT2D eigenvalue weighted by atomic mass is 16.5. The van der Waals surface area contributed by atoms with Crippen LogP contribution >= 0.6 is 0 Å². The van der Waals surface area contributed by atoms with Gasteiger partial charge in [-0.05, 0) is 39.3 Å². The van der Waals surface area contributed by atoms with Crippen LogP contribution in [0.5, 0.6) is 0 Å². The number of rotatable bonds is 5. The minimum Gasteiger partial charge on any atom is -0.377 e. The van der Waals surface area contributed by atoms with Crippen molar-refractivity contribution in [2.45, 2.75) is 39.2 Å². The van der Waals surface area contributed by atoms with Crippen LogP contribution in [0.2, 0.25) is 0 Å². The Hall–Kier alpha value is -0.0800. The van der Waals surface area contributed by atoms with E-state index in [0.717, 1.165) is 19.6 Å². The zero-order valence-corrected chi connectivity index (χ0v) is 8.38. The van der Waals surface area contributed by atoms with Gasteiger partial charge in [-0.1, -0.05) is 6.92 Å². The summed E-state index contributed by atoms with van der Waals surface area (Å²) in [4.78, 5) is 2.52. The quantitative estimate of drug-likeness (QED) is 0.626. The van der Waals surface area contributed by atoms with Gasteiger partial charge in [0.25, 0.3) is 0 Å². The van der Waals surface area contributed by atoms with Crippen molar-refractivity contribution in [3.05, 3.63) is 0 Å². The van der Waals surface area contributed by atoms with Gasteiger partial charge in [0.05, 0.1) is 6.10 Å². The molecule has 0 N–H and O–H groups in total. The Bertz CT molecular complexity index is 110. The molecule has 0 aliphatic carbocycles. The summed E-state index contributed by atoms with van der Waals surface area (Å²) >= 11 is 0. The van der Waals surface area contributed by atoms with Crippen molar-refractivity contribution in [3.63, 3.8) is 0 Å². The highest BCUT2D eigenvalue weighted by molar-refractivity contribution is 4.70. The van der Waals surface area contributed by atoms with E-state index in [2.05, 4.69) is 18.7 Å². The number of hydrogen-bond donors (Lipinski definition) is 0. The van der Waals surface area contributed by atoms with Gasteiger partial charge in [-0.2, -0.15) is 0 Å². The van der Waals surface area contributed by atoms with Gasteiger partial charge < -0.3 is 9.64 Å². The average molecular weight is 171 g/mol. The maximum Gasteiger partial charge on any atom is 0.0699 e. The molecular weight excluding hydrogens is 150 g/mol. The average Bonchev–Trinajstić information content (AvgIpc) is 2.56. The predicted octanol–water partition coefficient (Wildman–Crippen LogP) is 1.90. The van der Waals surface area contributed by atoms with Crippen molar-refractivity contribution in [1.29, 1.82) is 0 Å². The molecule has 2 nitrogen and oxygen atoms in total. The molecule has 1 rings (SSSR count). The first-order valence-electron chi connectivity index (χ1n) is 5.20. The van der Waals surface area contributed by atoms with E-state index in [1.54, 1.807) is 0 Å². The molecule has 0 spiro atoms. The highest BCUT2D eigenvalue weighted by Gasteiger charge is 2.15. The van der Waals surface area contributed by atoms with E-state index in [-0.39, 0.29) is 0 Å². The topological polar surface area (TPSA) is 12.5 Å². The number of hydrogen-bond acceptors (Lipinski definition) is 2. The molecule has 12 heavy (non-hydrogen) atoms. The lowest BCUT2D eigenvalue weighted by molar-refractivity contribution is 0.0366. The summed E-state index contributed by atoms with van der Waals surface area (Å²) in [5, 5.41) is 0. The van der Waals surface area contributed by atoms with E-state index >= 15 is 0 Å². The minimum absolute atomic E-state index is 0.466. The van der Waals surface area contributed by atoms with Crippen LogP contribution in [0.25, 0.3) is 0 Å². The van der Waals surface area contributed by atoms with E-state index in [1.165, 1.54) is 25.9 Å². The Morgan fingerprint density at radius 2 is 1.92 bits per heavy atom. The Morgan fingerprint density at radius 1 is 1.25 bits per heavy atom. The molecule has 1 fully saturated rings. The Morgan fingerprint density at radius 3 is 2.42 bits per heavy atom. The number of nitrogens with zero attached hydrogens (tertiary/aromatic N) is 1. The van der Waals surface area contributed by atoms with Crippen LogP contribution in [0.15, 0.2) is 0 Å². The van der Waals surface area contributed by atoms with Gasteiger partial charge >= 0.3 is 0 Å². The van der Waals surface area contributed by atoms with Crippen LogP contribution in [0.3, 0.4) is 0 Å². The second-order valence-corrected chi connectivity index (χ2v) is 3.49. The zero-order chi connectivity index (χ0) is 8.81. The minimum atomic E-state index is 0.466. The van der Waals surface area contributed by atoms with Crippen molar-refractivity contribution >= 4 is 0 Å². The molecule has 0 unspecified atom stereocenters. The summed E-state index contributed by atoms with van der Waals surface area (Å²) in [6.45, 7) is 8.84. The monoisotopic (exact) mass is 171 g/mol. The molecule has 1 heterocycles. The van der Waals surface area contributed by atoms with Crippen LogP contribution in [0, 0.1) is 0 Å². The first-order valence-corrected chi connectivity index (χ1v) is 5.20. The van der Waals surface area contributed by atoms with Crippen LogP contribution in [-0.4, -0.2) is 37.2 Å². The van der Waals surface area contributed by atoms with Crippen molar-refractivity contribution in [3.8, 4) is 0 Å². The van der Waals surface area contributed by atoms with E-state index in [9.17, 15) is 0 Å². The zero-order valence-electron chi connectivity index (χ0n) is 8.38. The third-order valence-electron chi connectivity index (χ3n) is 2.52. The van der Waals surface area contributed by atoms with E-state index in [1.807, 2.05) is 0 Å². The molecule has 0 amide bonds. The van der Waals surface area contributed by atoms with Crippen molar-refractivity contribution in [2.75, 3.05) is 26.2 Å². The molecule has 0 bridgehead atoms. The Labute approximate surface area is 75.9 Å². The summed E-state index contributed by atoms with van der Waals surface area (Å²) in [6.07, 6.45) is 4.36. The van der Waals surface area contributed by atoms with E-state index in [0.29, 0.717) is 6.10 Å². The van der Waals surface area contributed by atoms with Crippen LogP contribution in [-0.2, 0) is 4.74 Å². The fourth-order valence-electron chi connectivity index (χ4n) is 1.79. The third-order valence-corrected chi connectivity index (χ3v) is 2.52. The molecule has 0 saturated carbocycles. The van der Waals surface area contributed by atoms with Gasteiger partial charge in [-0.15, -0.1) is 0 Å². The lowest BCUT2D eigenvalue weighted by Crippen LogP contribution is -2.31. The Kier molecular flexibility index (Phi) is 4.62. The fraction of sp³-hybridized carbons (Fsp3) is 1.00. The first kappa shape index (κ1) is 10.0. The second kappa shape index (κ2) is 5.55. The van der Waals surface area contributed by atoms with E-state index < -0.39 is 0 Å². The van der Waals surface area contributed by atoms with Crippen molar-refractivity contribution < 1.29 is 4.74 Å². The van der Waals surface area contributed by atoms with Crippen molar-refractivity contribution in [1.82, 2.24) is 4.90 Å².